The number of phenolic OH excluding ortho intramolecular Hbond substituents is 3. The van der Waals surface area contributed by atoms with Crippen LogP contribution < -0.4 is 0 Å². The summed E-state index contributed by atoms with van der Waals surface area (Å²) >= 11 is 4.94. The molecule has 0 saturated carbocycles. The Balaban J connectivity index is 0.000000262. The van der Waals surface area contributed by atoms with E-state index in [1.807, 2.05) is 48.2 Å². The molecular formula is C24H28O4S3. The molecule has 0 aliphatic heterocycles. The number of aliphatic hydroxyl groups excluding tert-OH is 1. The normalized spacial score (nSPS) is 10.5. The maximum Gasteiger partial charge on any atom is 0.115 e. The third-order valence-corrected chi connectivity index (χ3v) is 7.40. The maximum atomic E-state index is 9.94. The molecule has 0 saturated heterocycles. The van der Waals surface area contributed by atoms with Gasteiger partial charge in [0.05, 0.1) is 6.10 Å². The fraction of sp³-hybridized carbons (Fsp3) is 0.250. The molecular weight excluding hydrogens is 448 g/mol. The lowest BCUT2D eigenvalue weighted by atomic mass is 10.3. The minimum atomic E-state index is -0.410. The van der Waals surface area contributed by atoms with Gasteiger partial charge in [0.1, 0.15) is 17.2 Å². The van der Waals surface area contributed by atoms with Crippen molar-refractivity contribution in [1.82, 2.24) is 0 Å². The zero-order chi connectivity index (χ0) is 22.5. The third kappa shape index (κ3) is 10.8. The molecule has 0 aliphatic rings. The van der Waals surface area contributed by atoms with Gasteiger partial charge in [0.2, 0.25) is 0 Å². The molecule has 0 unspecified atom stereocenters. The van der Waals surface area contributed by atoms with Crippen LogP contribution in [0.3, 0.4) is 0 Å². The van der Waals surface area contributed by atoms with E-state index in [0.717, 1.165) is 15.5 Å². The lowest BCUT2D eigenvalue weighted by Gasteiger charge is -2.10. The number of hydrogen-bond acceptors (Lipinski definition) is 7. The monoisotopic (exact) mass is 476 g/mol. The fourth-order valence-electron chi connectivity index (χ4n) is 2.28. The summed E-state index contributed by atoms with van der Waals surface area (Å²) in [6.07, 6.45) is 0.776. The van der Waals surface area contributed by atoms with Crippen molar-refractivity contribution in [2.75, 3.05) is 17.3 Å². The summed E-state index contributed by atoms with van der Waals surface area (Å²) in [6.45, 7) is 2.16. The van der Waals surface area contributed by atoms with Crippen LogP contribution in [0.5, 0.6) is 17.2 Å². The zero-order valence-corrected chi connectivity index (χ0v) is 19.8. The summed E-state index contributed by atoms with van der Waals surface area (Å²) in [5.41, 5.74) is 0. The first-order valence-corrected chi connectivity index (χ1v) is 12.9. The number of aromatic hydroxyl groups is 3. The highest BCUT2D eigenvalue weighted by Gasteiger charge is 2.06. The van der Waals surface area contributed by atoms with Gasteiger partial charge in [-0.3, -0.25) is 0 Å². The average molecular weight is 477 g/mol. The Morgan fingerprint density at radius 2 is 0.903 bits per heavy atom. The number of benzene rings is 3. The number of rotatable bonds is 9. The average Bonchev–Trinajstić information content (AvgIpc) is 2.78. The smallest absolute Gasteiger partial charge is 0.115 e. The quantitative estimate of drug-likeness (QED) is 0.272. The van der Waals surface area contributed by atoms with Crippen molar-refractivity contribution >= 4 is 35.3 Å². The van der Waals surface area contributed by atoms with Crippen molar-refractivity contribution < 1.29 is 20.4 Å². The van der Waals surface area contributed by atoms with Gasteiger partial charge in [-0.05, 0) is 85.0 Å². The molecule has 3 rings (SSSR count). The van der Waals surface area contributed by atoms with Crippen molar-refractivity contribution in [1.29, 1.82) is 0 Å². The Morgan fingerprint density at radius 3 is 1.23 bits per heavy atom. The van der Waals surface area contributed by atoms with E-state index in [0.29, 0.717) is 17.3 Å². The van der Waals surface area contributed by atoms with Crippen LogP contribution in [0.25, 0.3) is 0 Å². The first-order valence-electron chi connectivity index (χ1n) is 9.90. The molecule has 0 aliphatic carbocycles. The highest BCUT2D eigenvalue weighted by Crippen LogP contribution is 2.25. The van der Waals surface area contributed by atoms with Crippen molar-refractivity contribution in [3.8, 4) is 17.2 Å². The van der Waals surface area contributed by atoms with Crippen molar-refractivity contribution in [3.63, 3.8) is 0 Å². The Labute approximate surface area is 196 Å². The predicted octanol–water partition coefficient (Wildman–Crippen LogP) is 6.24. The molecule has 166 valence electrons. The molecule has 3 aromatic rings. The van der Waals surface area contributed by atoms with Crippen LogP contribution in [-0.2, 0) is 0 Å². The first kappa shape index (κ1) is 25.3. The molecule has 0 fully saturated rings. The number of aliphatic hydroxyl groups is 1. The minimum Gasteiger partial charge on any atom is -0.508 e. The summed E-state index contributed by atoms with van der Waals surface area (Å²) in [4.78, 5) is 3.28. The third-order valence-electron chi connectivity index (χ3n) is 3.87. The van der Waals surface area contributed by atoms with Crippen LogP contribution in [0.1, 0.15) is 13.3 Å². The van der Waals surface area contributed by atoms with Crippen LogP contribution in [0.2, 0.25) is 0 Å². The molecule has 0 amide bonds. The molecule has 0 heterocycles. The topological polar surface area (TPSA) is 80.9 Å². The second-order valence-electron chi connectivity index (χ2n) is 6.61. The standard InChI is InChI=1S/C15H16O3S2.C9H12OS/c16-11-1-5-14(6-2-11)19-9-13(18)10-20-15-7-3-12(17)4-8-15;1-2-7-11-9-5-3-8(10)4-6-9/h1-8,13,16-18H,9-10H2;3-6,10H,2,7H2,1H3. The molecule has 3 aromatic carbocycles. The van der Waals surface area contributed by atoms with E-state index in [-0.39, 0.29) is 11.5 Å². The van der Waals surface area contributed by atoms with E-state index in [4.69, 9.17) is 5.11 Å². The van der Waals surface area contributed by atoms with Gasteiger partial charge in [-0.15, -0.1) is 35.3 Å². The van der Waals surface area contributed by atoms with Crippen LogP contribution >= 0.6 is 35.3 Å². The molecule has 0 bridgehead atoms. The molecule has 31 heavy (non-hydrogen) atoms. The summed E-state index contributed by atoms with van der Waals surface area (Å²) in [7, 11) is 0. The Kier molecular flexibility index (Phi) is 11.6. The van der Waals surface area contributed by atoms with Gasteiger partial charge in [-0.1, -0.05) is 6.92 Å². The largest absolute Gasteiger partial charge is 0.508 e. The van der Waals surface area contributed by atoms with Crippen LogP contribution in [0.15, 0.2) is 87.5 Å². The Morgan fingerprint density at radius 1 is 0.581 bits per heavy atom. The van der Waals surface area contributed by atoms with Gasteiger partial charge in [0.15, 0.2) is 0 Å². The summed E-state index contributed by atoms with van der Waals surface area (Å²) < 4.78 is 0. The minimum absolute atomic E-state index is 0.248. The zero-order valence-electron chi connectivity index (χ0n) is 17.3. The van der Waals surface area contributed by atoms with Gasteiger partial charge < -0.3 is 20.4 Å². The molecule has 0 spiro atoms. The SMILES string of the molecule is CCCSc1ccc(O)cc1.Oc1ccc(SCC(O)CSc2ccc(O)cc2)cc1. The van der Waals surface area contributed by atoms with Crippen molar-refractivity contribution in [2.24, 2.45) is 0 Å². The lowest BCUT2D eigenvalue weighted by Crippen LogP contribution is -2.12. The van der Waals surface area contributed by atoms with E-state index < -0.39 is 6.10 Å². The number of thioether (sulfide) groups is 3. The molecule has 0 radical (unpaired) electrons. The van der Waals surface area contributed by atoms with E-state index in [1.165, 1.54) is 11.3 Å². The summed E-state index contributed by atoms with van der Waals surface area (Å²) in [5.74, 6) is 3.19. The molecule has 0 atom stereocenters. The van der Waals surface area contributed by atoms with E-state index in [1.54, 1.807) is 59.9 Å². The van der Waals surface area contributed by atoms with Gasteiger partial charge >= 0.3 is 0 Å². The number of hydrogen-bond donors (Lipinski definition) is 4. The van der Waals surface area contributed by atoms with E-state index in [9.17, 15) is 15.3 Å². The molecule has 7 heteroatoms. The molecule has 4 nitrogen and oxygen atoms in total. The second-order valence-corrected chi connectivity index (χ2v) is 9.96. The van der Waals surface area contributed by atoms with Crippen LogP contribution in [-0.4, -0.2) is 43.8 Å². The van der Waals surface area contributed by atoms with Crippen LogP contribution in [0.4, 0.5) is 0 Å². The highest BCUT2D eigenvalue weighted by molar-refractivity contribution is 8.00. The first-order chi connectivity index (χ1) is 15.0. The van der Waals surface area contributed by atoms with Gasteiger partial charge in [-0.2, -0.15) is 0 Å². The van der Waals surface area contributed by atoms with Gasteiger partial charge in [0, 0.05) is 26.2 Å². The number of phenols is 3. The van der Waals surface area contributed by atoms with Gasteiger partial charge in [0.25, 0.3) is 0 Å². The summed E-state index contributed by atoms with van der Waals surface area (Å²) in [6, 6.07) is 21.2. The fourth-order valence-corrected chi connectivity index (χ4v) is 4.86. The van der Waals surface area contributed by atoms with Crippen molar-refractivity contribution in [3.05, 3.63) is 72.8 Å². The van der Waals surface area contributed by atoms with E-state index >= 15 is 0 Å². The lowest BCUT2D eigenvalue weighted by molar-refractivity contribution is 0.225. The second kappa shape index (κ2) is 14.2. The molecule has 0 aromatic heterocycles. The summed E-state index contributed by atoms with van der Waals surface area (Å²) in [5, 5.41) is 37.3. The van der Waals surface area contributed by atoms with E-state index in [2.05, 4.69) is 6.92 Å². The Hall–Kier alpha value is -1.93. The van der Waals surface area contributed by atoms with Gasteiger partial charge in [-0.25, -0.2) is 0 Å². The Bertz CT molecular complexity index is 819. The molecule has 4 N–H and O–H groups in total. The van der Waals surface area contributed by atoms with Crippen LogP contribution in [0, 0.1) is 0 Å². The maximum absolute atomic E-state index is 9.94. The van der Waals surface area contributed by atoms with Crippen molar-refractivity contribution in [2.45, 2.75) is 34.1 Å². The highest BCUT2D eigenvalue weighted by atomic mass is 32.2. The predicted molar refractivity (Wildman–Crippen MR) is 133 cm³/mol.